The maximum atomic E-state index is 5.11. The Morgan fingerprint density at radius 2 is 0.719 bits per heavy atom. The number of allylic oxidation sites excluding steroid dienone is 7. The first-order valence-electron chi connectivity index (χ1n) is 30.9. The monoisotopic (exact) mass is 1140 g/mol. The van der Waals surface area contributed by atoms with Gasteiger partial charge in [0.25, 0.3) is 0 Å². The van der Waals surface area contributed by atoms with Crippen LogP contribution in [0.4, 0.5) is 0 Å². The Morgan fingerprint density at radius 1 is 0.315 bits per heavy atom. The van der Waals surface area contributed by atoms with E-state index in [1.54, 1.807) is 0 Å². The van der Waals surface area contributed by atoms with E-state index < -0.39 is 0 Å². The fourth-order valence-corrected chi connectivity index (χ4v) is 14.3. The van der Waals surface area contributed by atoms with Crippen LogP contribution < -0.4 is 0 Å². The minimum Gasteiger partial charge on any atom is -0.313 e. The number of hydrogen-bond acceptors (Lipinski definition) is 3. The third-order valence-corrected chi connectivity index (χ3v) is 18.6. The van der Waals surface area contributed by atoms with Gasteiger partial charge >= 0.3 is 0 Å². The molecule has 6 heteroatoms. The van der Waals surface area contributed by atoms with Crippen molar-refractivity contribution in [3.8, 4) is 73.5 Å². The van der Waals surface area contributed by atoms with Gasteiger partial charge in [-0.05, 0) is 166 Å². The Hall–Kier alpha value is -11.5. The van der Waals surface area contributed by atoms with E-state index in [4.69, 9.17) is 15.0 Å². The molecule has 1 fully saturated rings. The first kappa shape index (κ1) is 50.8. The van der Waals surface area contributed by atoms with Crippen LogP contribution in [0.5, 0.6) is 0 Å². The number of fused-ring (bicyclic) bond motifs is 11. The summed E-state index contributed by atoms with van der Waals surface area (Å²) >= 11 is 0. The average Bonchev–Trinajstić information content (AvgIpc) is 1.56. The van der Waals surface area contributed by atoms with E-state index in [9.17, 15) is 0 Å². The third-order valence-electron chi connectivity index (χ3n) is 18.6. The highest BCUT2D eigenvalue weighted by atomic mass is 15.0. The standard InChI is InChI=1S/C83H56N6/c1-2-9-21-53(20-8-1)60-34-41-75-68(46-60)69-47-61(54-22-10-3-11-23-54)35-42-76(69)88(75)64-39-44-77-71(49-64)72-50-65(89-79-43-36-62(55-24-12-4-13-25-55)48-70(79)74-51-66(56-26-14-5-15-27-56)67-52-73(67)80(74)89)40-45-78(72)87(77)63-37-32-59(33-38-63)83-85-81(57-28-16-6-17-29-57)84-82(86-83)58-30-18-7-19-31-58/h1-8,10-51,67,73H,9,52H2. The molecule has 15 aromatic rings. The quantitative estimate of drug-likeness (QED) is 0.137. The second-order valence-electron chi connectivity index (χ2n) is 23.8. The molecule has 6 nitrogen and oxygen atoms in total. The smallest absolute Gasteiger partial charge is 0.164 e. The molecule has 2 unspecified atom stereocenters. The number of aromatic nitrogens is 6. The van der Waals surface area contributed by atoms with Crippen molar-refractivity contribution in [3.63, 3.8) is 0 Å². The van der Waals surface area contributed by atoms with Crippen molar-refractivity contribution < 1.29 is 0 Å². The first-order valence-corrected chi connectivity index (χ1v) is 30.9. The van der Waals surface area contributed by atoms with Gasteiger partial charge in [0, 0.05) is 77.9 Å². The first-order chi connectivity index (χ1) is 44.1. The summed E-state index contributed by atoms with van der Waals surface area (Å²) in [7, 11) is 0. The lowest BCUT2D eigenvalue weighted by molar-refractivity contribution is 0.905. The van der Waals surface area contributed by atoms with Gasteiger partial charge in [0.2, 0.25) is 0 Å². The van der Waals surface area contributed by atoms with E-state index in [1.807, 2.05) is 36.4 Å². The molecule has 4 heterocycles. The van der Waals surface area contributed by atoms with Crippen LogP contribution in [0.1, 0.15) is 41.1 Å². The Morgan fingerprint density at radius 3 is 1.27 bits per heavy atom. The molecule has 0 amide bonds. The van der Waals surface area contributed by atoms with Gasteiger partial charge in [0.15, 0.2) is 17.5 Å². The molecule has 0 N–H and O–H groups in total. The number of hydrogen-bond donors (Lipinski definition) is 0. The van der Waals surface area contributed by atoms with E-state index in [1.165, 1.54) is 88.2 Å². The maximum absolute atomic E-state index is 5.11. The minimum atomic E-state index is 0.404. The number of benzene rings is 11. The summed E-state index contributed by atoms with van der Waals surface area (Å²) in [6, 6.07) is 97.2. The molecule has 1 saturated carbocycles. The number of nitrogens with zero attached hydrogens (tertiary/aromatic N) is 6. The highest BCUT2D eigenvalue weighted by Gasteiger charge is 2.48. The summed E-state index contributed by atoms with van der Waals surface area (Å²) in [6.45, 7) is 0. The molecule has 3 aliphatic rings. The molecule has 0 saturated heterocycles. The van der Waals surface area contributed by atoms with Crippen LogP contribution >= 0.6 is 0 Å². The van der Waals surface area contributed by atoms with Gasteiger partial charge in [-0.25, -0.2) is 15.0 Å². The Balaban J connectivity index is 0.850. The fourth-order valence-electron chi connectivity index (χ4n) is 14.3. The van der Waals surface area contributed by atoms with Crippen molar-refractivity contribution in [1.29, 1.82) is 0 Å². The van der Waals surface area contributed by atoms with Crippen molar-refractivity contribution in [2.24, 2.45) is 5.92 Å². The zero-order chi connectivity index (χ0) is 58.5. The molecule has 0 bridgehead atoms. The predicted molar refractivity (Wildman–Crippen MR) is 369 cm³/mol. The lowest BCUT2D eigenvalue weighted by Gasteiger charge is -2.17. The lowest BCUT2D eigenvalue weighted by Crippen LogP contribution is -2.04. The highest BCUT2D eigenvalue weighted by Crippen LogP contribution is 2.61. The summed E-state index contributed by atoms with van der Waals surface area (Å²) in [4.78, 5) is 15.2. The summed E-state index contributed by atoms with van der Waals surface area (Å²) in [5, 5.41) is 6.07. The van der Waals surface area contributed by atoms with Crippen LogP contribution in [0.15, 0.2) is 297 Å². The molecule has 4 aromatic heterocycles. The van der Waals surface area contributed by atoms with Crippen molar-refractivity contribution >= 4 is 71.7 Å². The van der Waals surface area contributed by atoms with E-state index in [2.05, 4.69) is 281 Å². The van der Waals surface area contributed by atoms with E-state index in [0.29, 0.717) is 29.3 Å². The highest BCUT2D eigenvalue weighted by molar-refractivity contribution is 6.14. The van der Waals surface area contributed by atoms with Gasteiger partial charge in [-0.15, -0.1) is 0 Å². The van der Waals surface area contributed by atoms with Crippen LogP contribution in [-0.4, -0.2) is 28.7 Å². The van der Waals surface area contributed by atoms with Gasteiger partial charge in [-0.2, -0.15) is 0 Å². The van der Waals surface area contributed by atoms with Gasteiger partial charge in [0.1, 0.15) is 0 Å². The van der Waals surface area contributed by atoms with Crippen LogP contribution in [0.25, 0.3) is 145 Å². The Labute approximate surface area is 515 Å². The van der Waals surface area contributed by atoms with Gasteiger partial charge in [-0.1, -0.05) is 200 Å². The minimum absolute atomic E-state index is 0.404. The molecule has 418 valence electrons. The van der Waals surface area contributed by atoms with Crippen molar-refractivity contribution in [2.45, 2.75) is 18.8 Å². The van der Waals surface area contributed by atoms with E-state index in [-0.39, 0.29) is 0 Å². The normalized spacial score (nSPS) is 15.1. The molecule has 0 aliphatic heterocycles. The molecule has 89 heavy (non-hydrogen) atoms. The van der Waals surface area contributed by atoms with Crippen molar-refractivity contribution in [3.05, 3.63) is 320 Å². The van der Waals surface area contributed by atoms with E-state index >= 15 is 0 Å². The van der Waals surface area contributed by atoms with Crippen LogP contribution in [0, 0.1) is 5.92 Å². The van der Waals surface area contributed by atoms with Crippen LogP contribution in [-0.2, 0) is 0 Å². The Kier molecular flexibility index (Phi) is 11.8. The summed E-state index contributed by atoms with van der Waals surface area (Å²) in [6.07, 6.45) is 15.6. The molecule has 2 atom stereocenters. The van der Waals surface area contributed by atoms with Crippen molar-refractivity contribution in [2.75, 3.05) is 0 Å². The van der Waals surface area contributed by atoms with Crippen LogP contribution in [0.2, 0.25) is 0 Å². The van der Waals surface area contributed by atoms with Crippen LogP contribution in [0.3, 0.4) is 0 Å². The maximum Gasteiger partial charge on any atom is 0.164 e. The topological polar surface area (TPSA) is 53.5 Å². The largest absolute Gasteiger partial charge is 0.313 e. The zero-order valence-corrected chi connectivity index (χ0v) is 48.6. The fraction of sp³-hybridized carbons (Fsp3) is 0.0482. The van der Waals surface area contributed by atoms with Gasteiger partial charge in [-0.3, -0.25) is 0 Å². The van der Waals surface area contributed by atoms with Gasteiger partial charge < -0.3 is 13.7 Å². The molecule has 11 aromatic carbocycles. The SMILES string of the molecule is C1=CCC=C(c2ccc3c(c2)c2cc(-c4ccccc4)ccc2n3-c2ccc3c(c2)c2cc(-n4c5c(c6cc(-c7ccccc7)ccc64)C=C(c4ccccc4)C4CC54)ccc2n3-c2ccc(-c3nc(-c4ccccc4)nc(-c4ccccc4)n3)cc2)C=C1. The molecular formula is C83H56N6. The third kappa shape index (κ3) is 8.58. The predicted octanol–water partition coefficient (Wildman–Crippen LogP) is 20.9. The molecule has 3 aliphatic carbocycles. The second kappa shape index (κ2) is 20.6. The Bertz CT molecular complexity index is 5400. The molecule has 0 radical (unpaired) electrons. The molecular weight excluding hydrogens is 1080 g/mol. The average molecular weight is 1140 g/mol. The number of rotatable bonds is 10. The zero-order valence-electron chi connectivity index (χ0n) is 48.6. The summed E-state index contributed by atoms with van der Waals surface area (Å²) < 4.78 is 7.53. The van der Waals surface area contributed by atoms with E-state index in [0.717, 1.165) is 68.7 Å². The van der Waals surface area contributed by atoms with Crippen molar-refractivity contribution in [1.82, 2.24) is 28.7 Å². The summed E-state index contributed by atoms with van der Waals surface area (Å²) in [5.41, 5.74) is 24.7. The molecule has 0 spiro atoms. The molecule has 18 rings (SSSR count). The second-order valence-corrected chi connectivity index (χ2v) is 23.8. The summed E-state index contributed by atoms with van der Waals surface area (Å²) in [5.74, 6) is 2.77. The lowest BCUT2D eigenvalue weighted by atomic mass is 9.90. The van der Waals surface area contributed by atoms with Gasteiger partial charge in [0.05, 0.1) is 27.6 Å².